The summed E-state index contributed by atoms with van der Waals surface area (Å²) in [6.45, 7) is 2.52. The molecule has 1 unspecified atom stereocenters. The van der Waals surface area contributed by atoms with Crippen LogP contribution < -0.4 is 0 Å². The van der Waals surface area contributed by atoms with Crippen molar-refractivity contribution in [2.75, 3.05) is 13.7 Å². The zero-order valence-corrected chi connectivity index (χ0v) is 16.5. The van der Waals surface area contributed by atoms with Crippen LogP contribution in [0.2, 0.25) is 0 Å². The third-order valence-electron chi connectivity index (χ3n) is 5.57. The molecule has 3 nitrogen and oxygen atoms in total. The van der Waals surface area contributed by atoms with E-state index in [0.717, 1.165) is 51.4 Å². The van der Waals surface area contributed by atoms with Gasteiger partial charge in [-0.2, -0.15) is 0 Å². The fourth-order valence-corrected chi connectivity index (χ4v) is 3.89. The first-order valence-electron chi connectivity index (χ1n) is 10.6. The van der Waals surface area contributed by atoms with Gasteiger partial charge in [0.2, 0.25) is 0 Å². The second-order valence-corrected chi connectivity index (χ2v) is 7.57. The maximum absolute atomic E-state index is 12.2. The van der Waals surface area contributed by atoms with Crippen molar-refractivity contribution in [3.05, 3.63) is 12.2 Å². The predicted octanol–water partition coefficient (Wildman–Crippen LogP) is 5.46. The van der Waals surface area contributed by atoms with Gasteiger partial charge < -0.3 is 9.84 Å². The van der Waals surface area contributed by atoms with Crippen LogP contribution in [0.5, 0.6) is 0 Å². The first-order chi connectivity index (χ1) is 12.2. The number of aliphatic hydroxyl groups excluding tert-OH is 1. The lowest BCUT2D eigenvalue weighted by Crippen LogP contribution is -2.14. The Kier molecular flexibility index (Phi) is 13.0. The molecule has 0 heterocycles. The summed E-state index contributed by atoms with van der Waals surface area (Å²) in [7, 11) is 1.80. The van der Waals surface area contributed by atoms with Gasteiger partial charge in [-0.3, -0.25) is 4.79 Å². The number of hydrogen-bond acceptors (Lipinski definition) is 3. The highest BCUT2D eigenvalue weighted by molar-refractivity contribution is 5.83. The van der Waals surface area contributed by atoms with E-state index in [-0.39, 0.29) is 5.92 Å². The Bertz CT molecular complexity index is 364. The van der Waals surface area contributed by atoms with E-state index in [9.17, 15) is 4.79 Å². The van der Waals surface area contributed by atoms with Gasteiger partial charge in [-0.15, -0.1) is 0 Å². The molecule has 0 aromatic carbocycles. The minimum absolute atomic E-state index is 0.255. The summed E-state index contributed by atoms with van der Waals surface area (Å²) < 4.78 is 5.55. The molecule has 1 fully saturated rings. The van der Waals surface area contributed by atoms with Crippen molar-refractivity contribution in [2.24, 2.45) is 11.8 Å². The summed E-state index contributed by atoms with van der Waals surface area (Å²) >= 11 is 0. The Morgan fingerprint density at radius 2 is 1.88 bits per heavy atom. The predicted molar refractivity (Wildman–Crippen MR) is 105 cm³/mol. The van der Waals surface area contributed by atoms with Crippen molar-refractivity contribution in [1.29, 1.82) is 0 Å². The van der Waals surface area contributed by atoms with Crippen LogP contribution in [0.25, 0.3) is 0 Å². The van der Waals surface area contributed by atoms with Crippen molar-refractivity contribution < 1.29 is 14.6 Å². The summed E-state index contributed by atoms with van der Waals surface area (Å²) in [5.74, 6) is 1.18. The van der Waals surface area contributed by atoms with E-state index >= 15 is 0 Å². The minimum atomic E-state index is 0.255. The van der Waals surface area contributed by atoms with Gasteiger partial charge in [0.1, 0.15) is 5.78 Å². The largest absolute Gasteiger partial charge is 0.396 e. The molecular weight excluding hydrogens is 312 g/mol. The number of unbranched alkanes of at least 4 members (excludes halogenated alkanes) is 6. The number of aliphatic hydroxyl groups is 1. The van der Waals surface area contributed by atoms with Crippen LogP contribution in [0.3, 0.4) is 0 Å². The SMILES string of the molecule is CCCCC(CC=C[C@H]1CCC(=O)[C@@H]1CCCCCCCCO)OC. The lowest BCUT2D eigenvalue weighted by atomic mass is 9.89. The van der Waals surface area contributed by atoms with Crippen LogP contribution in [-0.2, 0) is 9.53 Å². The highest BCUT2D eigenvalue weighted by Crippen LogP contribution is 2.34. The van der Waals surface area contributed by atoms with Gasteiger partial charge in [0.05, 0.1) is 6.10 Å². The van der Waals surface area contributed by atoms with Crippen LogP contribution in [0.1, 0.15) is 90.4 Å². The van der Waals surface area contributed by atoms with Gasteiger partial charge in [-0.25, -0.2) is 0 Å². The molecule has 1 aliphatic carbocycles. The van der Waals surface area contributed by atoms with Gasteiger partial charge in [-0.1, -0.05) is 64.0 Å². The summed E-state index contributed by atoms with van der Waals surface area (Å²) in [5.41, 5.74) is 0. The molecule has 0 bridgehead atoms. The van der Waals surface area contributed by atoms with Crippen molar-refractivity contribution in [1.82, 2.24) is 0 Å². The Hall–Kier alpha value is -0.670. The molecule has 1 rings (SSSR count). The number of methoxy groups -OCH3 is 1. The minimum Gasteiger partial charge on any atom is -0.396 e. The molecule has 146 valence electrons. The number of hydrogen-bond donors (Lipinski definition) is 1. The fraction of sp³-hybridized carbons (Fsp3) is 0.864. The number of carbonyl (C=O) groups is 1. The van der Waals surface area contributed by atoms with E-state index < -0.39 is 0 Å². The van der Waals surface area contributed by atoms with E-state index in [0.29, 0.717) is 24.4 Å². The Balaban J connectivity index is 2.27. The van der Waals surface area contributed by atoms with Crippen molar-refractivity contribution in [3.63, 3.8) is 0 Å². The number of rotatable bonds is 15. The third-order valence-corrected chi connectivity index (χ3v) is 5.57. The van der Waals surface area contributed by atoms with Gasteiger partial charge >= 0.3 is 0 Å². The molecule has 0 radical (unpaired) electrons. The molecule has 0 aromatic rings. The highest BCUT2D eigenvalue weighted by atomic mass is 16.5. The molecule has 0 aliphatic heterocycles. The van der Waals surface area contributed by atoms with E-state index in [1.165, 1.54) is 32.1 Å². The third kappa shape index (κ3) is 9.55. The summed E-state index contributed by atoms with van der Waals surface area (Å²) in [6.07, 6.45) is 19.1. The lowest BCUT2D eigenvalue weighted by molar-refractivity contribution is -0.121. The average molecular weight is 353 g/mol. The van der Waals surface area contributed by atoms with E-state index in [4.69, 9.17) is 9.84 Å². The molecule has 1 aliphatic rings. The molecule has 25 heavy (non-hydrogen) atoms. The Labute approximate surface area is 155 Å². The van der Waals surface area contributed by atoms with Crippen molar-refractivity contribution in [2.45, 2.75) is 96.5 Å². The van der Waals surface area contributed by atoms with Crippen LogP contribution in [0, 0.1) is 11.8 Å². The van der Waals surface area contributed by atoms with Gasteiger partial charge in [0.15, 0.2) is 0 Å². The maximum atomic E-state index is 12.2. The topological polar surface area (TPSA) is 46.5 Å². The molecular formula is C22H40O3. The van der Waals surface area contributed by atoms with Gasteiger partial charge in [0.25, 0.3) is 0 Å². The second-order valence-electron chi connectivity index (χ2n) is 7.57. The van der Waals surface area contributed by atoms with E-state index in [2.05, 4.69) is 19.1 Å². The van der Waals surface area contributed by atoms with Crippen LogP contribution in [-0.4, -0.2) is 30.7 Å². The highest BCUT2D eigenvalue weighted by Gasteiger charge is 2.32. The molecule has 0 amide bonds. The maximum Gasteiger partial charge on any atom is 0.136 e. The Morgan fingerprint density at radius 3 is 2.56 bits per heavy atom. The molecule has 0 saturated heterocycles. The number of ether oxygens (including phenoxy) is 1. The normalized spacial score (nSPS) is 22.1. The molecule has 1 N–H and O–H groups in total. The molecule has 0 aromatic heterocycles. The summed E-state index contributed by atoms with van der Waals surface area (Å²) in [5, 5.41) is 8.78. The number of ketones is 1. The Morgan fingerprint density at radius 1 is 1.16 bits per heavy atom. The fourth-order valence-electron chi connectivity index (χ4n) is 3.89. The monoisotopic (exact) mass is 352 g/mol. The van der Waals surface area contributed by atoms with Crippen molar-refractivity contribution in [3.8, 4) is 0 Å². The molecule has 3 atom stereocenters. The van der Waals surface area contributed by atoms with Gasteiger partial charge in [0, 0.05) is 26.1 Å². The first kappa shape index (κ1) is 22.4. The van der Waals surface area contributed by atoms with E-state index in [1.54, 1.807) is 7.11 Å². The first-order valence-corrected chi connectivity index (χ1v) is 10.6. The van der Waals surface area contributed by atoms with E-state index in [1.807, 2.05) is 0 Å². The standard InChI is InChI=1S/C22H40O3/c1-3-4-13-20(25-2)14-11-12-19-16-17-22(24)21(19)15-9-7-5-6-8-10-18-23/h11-12,19-21,23H,3-10,13-18H2,1-2H3/t19-,20?,21+/m0/s1. The van der Waals surface area contributed by atoms with Crippen molar-refractivity contribution >= 4 is 5.78 Å². The number of Topliss-reactive ketones (excluding diaryl/α,β-unsaturated/α-hetero) is 1. The summed E-state index contributed by atoms with van der Waals surface area (Å²) in [6, 6.07) is 0. The zero-order valence-electron chi connectivity index (χ0n) is 16.5. The number of allylic oxidation sites excluding steroid dienone is 1. The average Bonchev–Trinajstić information content (AvgIpc) is 2.97. The van der Waals surface area contributed by atoms with Crippen LogP contribution >= 0.6 is 0 Å². The molecule has 0 spiro atoms. The van der Waals surface area contributed by atoms with Crippen LogP contribution in [0.15, 0.2) is 12.2 Å². The summed E-state index contributed by atoms with van der Waals surface area (Å²) in [4.78, 5) is 12.2. The zero-order chi connectivity index (χ0) is 18.3. The molecule has 3 heteroatoms. The van der Waals surface area contributed by atoms with Crippen LogP contribution in [0.4, 0.5) is 0 Å². The second kappa shape index (κ2) is 14.5. The molecule has 1 saturated carbocycles. The van der Waals surface area contributed by atoms with Gasteiger partial charge in [-0.05, 0) is 38.0 Å². The number of carbonyl (C=O) groups excluding carboxylic acids is 1. The smallest absolute Gasteiger partial charge is 0.136 e. The quantitative estimate of drug-likeness (QED) is 0.314. The lowest BCUT2D eigenvalue weighted by Gasteiger charge is -2.16.